The molecular formula is C28H40O10. The number of esters is 1. The van der Waals surface area contributed by atoms with Gasteiger partial charge in [-0.25, -0.2) is 9.59 Å². The van der Waals surface area contributed by atoms with Crippen LogP contribution in [0.15, 0.2) is 24.3 Å². The highest BCUT2D eigenvalue weighted by molar-refractivity contribution is 5.93. The van der Waals surface area contributed by atoms with Gasteiger partial charge in [0.2, 0.25) is 0 Å². The standard InChI is InChI=1S/C16H24O5.C12H16O5/c1-6-7-20-15-9-14(21-10-18-4)12(11(2)3)8-13(15)16(17)19-5;1-7(2)8-4-9(12(14)15)10(13)5-11(8)17-6-16-3/h8-9,11H,6-7,10H2,1-5H3;4-5,7,13H,6H2,1-3H3,(H,14,15). The van der Waals surface area contributed by atoms with Gasteiger partial charge in [0.05, 0.1) is 13.7 Å². The molecule has 0 bridgehead atoms. The number of benzene rings is 2. The number of aromatic carboxylic acids is 1. The molecule has 0 fully saturated rings. The van der Waals surface area contributed by atoms with Gasteiger partial charge in [0.1, 0.15) is 34.1 Å². The number of carbonyl (C=O) groups is 2. The summed E-state index contributed by atoms with van der Waals surface area (Å²) in [5, 5.41) is 18.5. The molecule has 0 saturated heterocycles. The third-order valence-electron chi connectivity index (χ3n) is 5.25. The lowest BCUT2D eigenvalue weighted by Gasteiger charge is -2.18. The SMILES string of the molecule is CCCOc1cc(OCOC)c(C(C)C)cc1C(=O)OC.COCOc1cc(O)c(C(=O)O)cc1C(C)C. The van der Waals surface area contributed by atoms with E-state index in [1.54, 1.807) is 19.2 Å². The highest BCUT2D eigenvalue weighted by Crippen LogP contribution is 2.35. The van der Waals surface area contributed by atoms with Crippen LogP contribution in [0.2, 0.25) is 0 Å². The van der Waals surface area contributed by atoms with Gasteiger partial charge >= 0.3 is 11.9 Å². The van der Waals surface area contributed by atoms with Crippen LogP contribution in [0.1, 0.15) is 84.7 Å². The monoisotopic (exact) mass is 536 g/mol. The van der Waals surface area contributed by atoms with E-state index in [2.05, 4.69) is 0 Å². The van der Waals surface area contributed by atoms with Gasteiger partial charge in [-0.1, -0.05) is 34.6 Å². The van der Waals surface area contributed by atoms with E-state index in [1.807, 2.05) is 34.6 Å². The van der Waals surface area contributed by atoms with E-state index in [0.717, 1.165) is 17.5 Å². The molecule has 212 valence electrons. The number of phenols is 1. The van der Waals surface area contributed by atoms with Gasteiger partial charge in [0, 0.05) is 26.4 Å². The van der Waals surface area contributed by atoms with E-state index in [4.69, 9.17) is 33.5 Å². The third-order valence-corrected chi connectivity index (χ3v) is 5.25. The number of aromatic hydroxyl groups is 1. The Kier molecular flexibility index (Phi) is 14.0. The smallest absolute Gasteiger partial charge is 0.341 e. The summed E-state index contributed by atoms with van der Waals surface area (Å²) in [5.41, 5.74) is 1.92. The molecule has 0 aliphatic heterocycles. The Morgan fingerprint density at radius 2 is 1.26 bits per heavy atom. The van der Waals surface area contributed by atoms with Gasteiger partial charge in [-0.3, -0.25) is 0 Å². The van der Waals surface area contributed by atoms with Crippen LogP contribution in [-0.4, -0.2) is 63.7 Å². The quantitative estimate of drug-likeness (QED) is 0.248. The van der Waals surface area contributed by atoms with E-state index in [0.29, 0.717) is 29.4 Å². The van der Waals surface area contributed by atoms with Gasteiger partial charge in [-0.2, -0.15) is 0 Å². The molecule has 0 heterocycles. The highest BCUT2D eigenvalue weighted by Gasteiger charge is 2.20. The van der Waals surface area contributed by atoms with Crippen LogP contribution >= 0.6 is 0 Å². The number of rotatable bonds is 13. The average molecular weight is 537 g/mol. The van der Waals surface area contributed by atoms with E-state index in [9.17, 15) is 14.7 Å². The number of ether oxygens (including phenoxy) is 6. The zero-order chi connectivity index (χ0) is 28.8. The van der Waals surface area contributed by atoms with Crippen LogP contribution in [0.25, 0.3) is 0 Å². The second-order valence-electron chi connectivity index (χ2n) is 8.85. The fourth-order valence-electron chi connectivity index (χ4n) is 3.33. The van der Waals surface area contributed by atoms with Gasteiger partial charge < -0.3 is 38.6 Å². The molecule has 0 saturated carbocycles. The van der Waals surface area contributed by atoms with Crippen molar-refractivity contribution in [3.63, 3.8) is 0 Å². The molecule has 38 heavy (non-hydrogen) atoms. The van der Waals surface area contributed by atoms with Crippen LogP contribution in [0.4, 0.5) is 0 Å². The molecule has 0 radical (unpaired) electrons. The van der Waals surface area contributed by atoms with Gasteiger partial charge in [0.25, 0.3) is 0 Å². The molecule has 0 aliphatic rings. The van der Waals surface area contributed by atoms with Crippen LogP contribution in [0.5, 0.6) is 23.0 Å². The normalized spacial score (nSPS) is 10.6. The Morgan fingerprint density at radius 1 is 0.763 bits per heavy atom. The van der Waals surface area contributed by atoms with Crippen molar-refractivity contribution in [2.75, 3.05) is 41.5 Å². The zero-order valence-corrected chi connectivity index (χ0v) is 23.5. The zero-order valence-electron chi connectivity index (χ0n) is 23.5. The molecule has 2 rings (SSSR count). The number of hydrogen-bond acceptors (Lipinski definition) is 9. The minimum atomic E-state index is -1.16. The van der Waals surface area contributed by atoms with Gasteiger partial charge in [-0.05, 0) is 41.5 Å². The van der Waals surface area contributed by atoms with Gasteiger partial charge in [0.15, 0.2) is 13.6 Å². The van der Waals surface area contributed by atoms with Crippen LogP contribution in [0, 0.1) is 0 Å². The van der Waals surface area contributed by atoms with Crippen LogP contribution in [0.3, 0.4) is 0 Å². The lowest BCUT2D eigenvalue weighted by molar-refractivity contribution is 0.0497. The molecule has 10 heteroatoms. The molecule has 0 unspecified atom stereocenters. The Morgan fingerprint density at radius 3 is 1.68 bits per heavy atom. The molecular weight excluding hydrogens is 496 g/mol. The molecule has 2 aromatic rings. The molecule has 10 nitrogen and oxygen atoms in total. The van der Waals surface area contributed by atoms with E-state index in [-0.39, 0.29) is 36.7 Å². The van der Waals surface area contributed by atoms with Crippen LogP contribution in [-0.2, 0) is 14.2 Å². The number of carboxylic acids is 1. The highest BCUT2D eigenvalue weighted by atomic mass is 16.7. The summed E-state index contributed by atoms with van der Waals surface area (Å²) in [6.07, 6.45) is 0.848. The molecule has 2 N–H and O–H groups in total. The maximum Gasteiger partial charge on any atom is 0.341 e. The lowest BCUT2D eigenvalue weighted by Crippen LogP contribution is -2.10. The molecule has 2 aromatic carbocycles. The fraction of sp³-hybridized carbons (Fsp3) is 0.500. The summed E-state index contributed by atoms with van der Waals surface area (Å²) in [4.78, 5) is 22.8. The maximum absolute atomic E-state index is 11.9. The van der Waals surface area contributed by atoms with Crippen molar-refractivity contribution in [2.45, 2.75) is 52.9 Å². The van der Waals surface area contributed by atoms with Crippen molar-refractivity contribution in [1.29, 1.82) is 0 Å². The minimum Gasteiger partial charge on any atom is -0.507 e. The van der Waals surface area contributed by atoms with E-state index >= 15 is 0 Å². The van der Waals surface area contributed by atoms with Crippen LogP contribution < -0.4 is 14.2 Å². The molecule has 0 spiro atoms. The summed E-state index contributed by atoms with van der Waals surface area (Å²) in [6, 6.07) is 6.23. The summed E-state index contributed by atoms with van der Waals surface area (Å²) in [6.45, 7) is 10.6. The third kappa shape index (κ3) is 9.42. The van der Waals surface area contributed by atoms with Crippen molar-refractivity contribution in [3.05, 3.63) is 46.5 Å². The number of carboxylic acid groups (broad SMARTS) is 1. The molecule has 0 aliphatic carbocycles. The number of hydrogen-bond donors (Lipinski definition) is 2. The van der Waals surface area contributed by atoms with Crippen molar-refractivity contribution < 1.29 is 48.2 Å². The van der Waals surface area contributed by atoms with E-state index < -0.39 is 11.9 Å². The van der Waals surface area contributed by atoms with Crippen molar-refractivity contribution in [2.24, 2.45) is 0 Å². The Labute approximate surface area is 224 Å². The van der Waals surface area contributed by atoms with Crippen molar-refractivity contribution in [3.8, 4) is 23.0 Å². The Bertz CT molecular complexity index is 1050. The van der Waals surface area contributed by atoms with E-state index in [1.165, 1.54) is 26.4 Å². The predicted octanol–water partition coefficient (Wildman–Crippen LogP) is 5.56. The minimum absolute atomic E-state index is 0.0472. The Balaban J connectivity index is 0.000000389. The molecule has 0 aromatic heterocycles. The first-order chi connectivity index (χ1) is 18.0. The summed E-state index contributed by atoms with van der Waals surface area (Å²) in [5.74, 6) is -0.0489. The first-order valence-corrected chi connectivity index (χ1v) is 12.2. The average Bonchev–Trinajstić information content (AvgIpc) is 2.88. The van der Waals surface area contributed by atoms with Gasteiger partial charge in [-0.15, -0.1) is 0 Å². The first-order valence-electron chi connectivity index (χ1n) is 12.2. The predicted molar refractivity (Wildman–Crippen MR) is 142 cm³/mol. The summed E-state index contributed by atoms with van der Waals surface area (Å²) in [7, 11) is 4.41. The summed E-state index contributed by atoms with van der Waals surface area (Å²) < 4.78 is 31.1. The maximum atomic E-state index is 11.9. The lowest BCUT2D eigenvalue weighted by atomic mass is 9.98. The topological polar surface area (TPSA) is 130 Å². The first kappa shape index (κ1) is 32.5. The number of methoxy groups -OCH3 is 3. The Hall–Kier alpha value is -3.50. The molecule has 0 atom stereocenters. The largest absolute Gasteiger partial charge is 0.507 e. The number of carbonyl (C=O) groups excluding carboxylic acids is 1. The van der Waals surface area contributed by atoms with Crippen molar-refractivity contribution >= 4 is 11.9 Å². The fourth-order valence-corrected chi connectivity index (χ4v) is 3.33. The second-order valence-corrected chi connectivity index (χ2v) is 8.85. The summed E-state index contributed by atoms with van der Waals surface area (Å²) >= 11 is 0. The van der Waals surface area contributed by atoms with Crippen molar-refractivity contribution in [1.82, 2.24) is 0 Å². The molecule has 0 amide bonds. The second kappa shape index (κ2) is 16.4.